The van der Waals surface area contributed by atoms with Crippen LogP contribution in [0.2, 0.25) is 5.28 Å². The Morgan fingerprint density at radius 3 is 3.06 bits per heavy atom. The smallest absolute Gasteiger partial charge is 0.228 e. The molecule has 2 aromatic rings. The fraction of sp³-hybridized carbons (Fsp3) is 0.333. The zero-order valence-corrected chi connectivity index (χ0v) is 9.40. The van der Waals surface area contributed by atoms with Crippen LogP contribution in [0.1, 0.15) is 11.5 Å². The standard InChI is InChI=1S/C9H10ClN5O/c1-6-4-12-9(10)15-8(6)11-3-2-7-13-5-14-16-7/h4-5H,2-3H2,1H3,(H,11,12,15). The molecular formula is C9H10ClN5O. The molecule has 0 aromatic carbocycles. The molecule has 2 rings (SSSR count). The SMILES string of the molecule is Cc1cnc(Cl)nc1NCCc1ncno1. The average molecular weight is 240 g/mol. The van der Waals surface area contributed by atoms with Crippen molar-refractivity contribution in [1.29, 1.82) is 0 Å². The van der Waals surface area contributed by atoms with Crippen LogP contribution in [0.15, 0.2) is 17.0 Å². The lowest BCUT2D eigenvalue weighted by Gasteiger charge is -2.06. The van der Waals surface area contributed by atoms with Crippen molar-refractivity contribution >= 4 is 17.4 Å². The first-order valence-corrected chi connectivity index (χ1v) is 5.12. The van der Waals surface area contributed by atoms with Gasteiger partial charge in [0.25, 0.3) is 0 Å². The van der Waals surface area contributed by atoms with Gasteiger partial charge in [0.05, 0.1) is 0 Å². The average Bonchev–Trinajstić information content (AvgIpc) is 2.76. The number of hydrogen-bond acceptors (Lipinski definition) is 6. The van der Waals surface area contributed by atoms with E-state index in [9.17, 15) is 0 Å². The number of halogens is 1. The van der Waals surface area contributed by atoms with Gasteiger partial charge in [-0.1, -0.05) is 5.16 Å². The molecule has 0 aliphatic heterocycles. The van der Waals surface area contributed by atoms with Crippen molar-refractivity contribution in [3.05, 3.63) is 29.3 Å². The van der Waals surface area contributed by atoms with E-state index in [1.165, 1.54) is 6.33 Å². The first kappa shape index (κ1) is 10.8. The summed E-state index contributed by atoms with van der Waals surface area (Å²) in [5.74, 6) is 1.31. The number of hydrogen-bond donors (Lipinski definition) is 1. The van der Waals surface area contributed by atoms with Crippen molar-refractivity contribution in [3.8, 4) is 0 Å². The molecule has 0 aliphatic rings. The van der Waals surface area contributed by atoms with Gasteiger partial charge in [-0.05, 0) is 18.5 Å². The van der Waals surface area contributed by atoms with E-state index < -0.39 is 0 Å². The molecule has 0 radical (unpaired) electrons. The molecule has 0 amide bonds. The van der Waals surface area contributed by atoms with Crippen LogP contribution >= 0.6 is 11.6 Å². The first-order valence-electron chi connectivity index (χ1n) is 4.74. The molecule has 0 bridgehead atoms. The molecule has 7 heteroatoms. The minimum absolute atomic E-state index is 0.228. The zero-order valence-electron chi connectivity index (χ0n) is 8.64. The van der Waals surface area contributed by atoms with Crippen molar-refractivity contribution in [3.63, 3.8) is 0 Å². The number of rotatable bonds is 4. The number of aryl methyl sites for hydroxylation is 1. The van der Waals surface area contributed by atoms with Gasteiger partial charge in [-0.15, -0.1) is 0 Å². The van der Waals surface area contributed by atoms with E-state index in [1.54, 1.807) is 6.20 Å². The second-order valence-electron chi connectivity index (χ2n) is 3.18. The summed E-state index contributed by atoms with van der Waals surface area (Å²) in [6.45, 7) is 2.56. The number of nitrogens with one attached hydrogen (secondary N) is 1. The maximum atomic E-state index is 5.69. The fourth-order valence-electron chi connectivity index (χ4n) is 1.19. The van der Waals surface area contributed by atoms with Gasteiger partial charge in [-0.3, -0.25) is 0 Å². The lowest BCUT2D eigenvalue weighted by atomic mass is 10.3. The van der Waals surface area contributed by atoms with Crippen molar-refractivity contribution in [2.24, 2.45) is 0 Å². The summed E-state index contributed by atoms with van der Waals surface area (Å²) in [7, 11) is 0. The Labute approximate surface area is 97.1 Å². The molecule has 0 saturated heterocycles. The van der Waals surface area contributed by atoms with E-state index in [1.807, 2.05) is 6.92 Å². The fourth-order valence-corrected chi connectivity index (χ4v) is 1.33. The van der Waals surface area contributed by atoms with Gasteiger partial charge in [0.1, 0.15) is 5.82 Å². The maximum absolute atomic E-state index is 5.69. The van der Waals surface area contributed by atoms with Crippen LogP contribution in [0, 0.1) is 6.92 Å². The van der Waals surface area contributed by atoms with E-state index in [-0.39, 0.29) is 5.28 Å². The molecule has 84 valence electrons. The summed E-state index contributed by atoms with van der Waals surface area (Å²) >= 11 is 5.69. The lowest BCUT2D eigenvalue weighted by Crippen LogP contribution is -2.08. The predicted molar refractivity (Wildman–Crippen MR) is 58.3 cm³/mol. The van der Waals surface area contributed by atoms with Crippen LogP contribution in [-0.2, 0) is 6.42 Å². The topological polar surface area (TPSA) is 76.7 Å². The highest BCUT2D eigenvalue weighted by Gasteiger charge is 2.03. The summed E-state index contributed by atoms with van der Waals surface area (Å²) in [6.07, 6.45) is 3.69. The number of anilines is 1. The Hall–Kier alpha value is -1.69. The minimum Gasteiger partial charge on any atom is -0.369 e. The quantitative estimate of drug-likeness (QED) is 0.815. The van der Waals surface area contributed by atoms with Gasteiger partial charge in [-0.25, -0.2) is 9.97 Å². The van der Waals surface area contributed by atoms with Crippen LogP contribution in [0.4, 0.5) is 5.82 Å². The summed E-state index contributed by atoms with van der Waals surface area (Å²) in [5.41, 5.74) is 0.940. The number of nitrogens with zero attached hydrogens (tertiary/aromatic N) is 4. The Kier molecular flexibility index (Phi) is 3.31. The largest absolute Gasteiger partial charge is 0.369 e. The molecule has 2 heterocycles. The van der Waals surface area contributed by atoms with Crippen LogP contribution in [0.5, 0.6) is 0 Å². The zero-order chi connectivity index (χ0) is 11.4. The minimum atomic E-state index is 0.228. The number of aromatic nitrogens is 4. The second kappa shape index (κ2) is 4.89. The molecule has 1 N–H and O–H groups in total. The van der Waals surface area contributed by atoms with E-state index in [4.69, 9.17) is 16.1 Å². The van der Waals surface area contributed by atoms with E-state index in [0.29, 0.717) is 18.9 Å². The van der Waals surface area contributed by atoms with Crippen molar-refractivity contribution in [2.45, 2.75) is 13.3 Å². The Bertz CT molecular complexity index is 459. The molecule has 0 aliphatic carbocycles. The van der Waals surface area contributed by atoms with Gasteiger partial charge in [0.15, 0.2) is 6.33 Å². The van der Waals surface area contributed by atoms with Crippen LogP contribution in [0.25, 0.3) is 0 Å². The highest BCUT2D eigenvalue weighted by Crippen LogP contribution is 2.12. The van der Waals surface area contributed by atoms with E-state index in [2.05, 4.69) is 25.4 Å². The van der Waals surface area contributed by atoms with Gasteiger partial charge >= 0.3 is 0 Å². The van der Waals surface area contributed by atoms with Crippen LogP contribution < -0.4 is 5.32 Å². The van der Waals surface area contributed by atoms with E-state index in [0.717, 1.165) is 11.4 Å². The van der Waals surface area contributed by atoms with Gasteiger partial charge in [0, 0.05) is 24.7 Å². The summed E-state index contributed by atoms with van der Waals surface area (Å²) < 4.78 is 4.87. The van der Waals surface area contributed by atoms with Crippen molar-refractivity contribution in [1.82, 2.24) is 20.1 Å². The van der Waals surface area contributed by atoms with Gasteiger partial charge in [0.2, 0.25) is 11.2 Å². The van der Waals surface area contributed by atoms with Gasteiger partial charge in [-0.2, -0.15) is 4.98 Å². The monoisotopic (exact) mass is 239 g/mol. The third-order valence-corrected chi connectivity index (χ3v) is 2.16. The summed E-state index contributed by atoms with van der Waals surface area (Å²) in [5, 5.41) is 6.88. The molecule has 0 unspecified atom stereocenters. The first-order chi connectivity index (χ1) is 7.75. The molecule has 0 saturated carbocycles. The molecule has 0 atom stereocenters. The molecule has 2 aromatic heterocycles. The van der Waals surface area contributed by atoms with Crippen LogP contribution in [0.3, 0.4) is 0 Å². The molecular weight excluding hydrogens is 230 g/mol. The van der Waals surface area contributed by atoms with E-state index >= 15 is 0 Å². The highest BCUT2D eigenvalue weighted by atomic mass is 35.5. The predicted octanol–water partition coefficient (Wildman–Crippen LogP) is 1.48. The lowest BCUT2D eigenvalue weighted by molar-refractivity contribution is 0.379. The third-order valence-electron chi connectivity index (χ3n) is 1.98. The summed E-state index contributed by atoms with van der Waals surface area (Å²) in [6, 6.07) is 0. The Balaban J connectivity index is 1.92. The third kappa shape index (κ3) is 2.66. The Morgan fingerprint density at radius 2 is 2.31 bits per heavy atom. The Morgan fingerprint density at radius 1 is 1.44 bits per heavy atom. The molecule has 16 heavy (non-hydrogen) atoms. The molecule has 0 spiro atoms. The second-order valence-corrected chi connectivity index (χ2v) is 3.52. The molecule has 0 fully saturated rings. The van der Waals surface area contributed by atoms with Crippen LogP contribution in [-0.4, -0.2) is 26.7 Å². The highest BCUT2D eigenvalue weighted by molar-refractivity contribution is 6.28. The normalized spacial score (nSPS) is 10.4. The summed E-state index contributed by atoms with van der Waals surface area (Å²) in [4.78, 5) is 11.8. The van der Waals surface area contributed by atoms with Gasteiger partial charge < -0.3 is 9.84 Å². The van der Waals surface area contributed by atoms with Crippen molar-refractivity contribution < 1.29 is 4.52 Å². The maximum Gasteiger partial charge on any atom is 0.228 e. The van der Waals surface area contributed by atoms with Crippen molar-refractivity contribution in [2.75, 3.05) is 11.9 Å². The molecule has 6 nitrogen and oxygen atoms in total.